The fraction of sp³-hybridized carbons (Fsp3) is 0.0952. The van der Waals surface area contributed by atoms with E-state index in [1.54, 1.807) is 18.2 Å². The number of carbonyl (C=O) groups is 2. The van der Waals surface area contributed by atoms with Gasteiger partial charge in [0, 0.05) is 0 Å². The molecule has 0 aliphatic heterocycles. The van der Waals surface area contributed by atoms with Gasteiger partial charge < -0.3 is 9.84 Å². The lowest BCUT2D eigenvalue weighted by Crippen LogP contribution is -2.19. The third kappa shape index (κ3) is 5.08. The number of carbonyl (C=O) groups excluding carboxylic acids is 1. The van der Waals surface area contributed by atoms with Gasteiger partial charge in [-0.1, -0.05) is 54.1 Å². The van der Waals surface area contributed by atoms with Crippen molar-refractivity contribution in [2.45, 2.75) is 6.42 Å². The molecule has 3 rings (SSSR count). The summed E-state index contributed by atoms with van der Waals surface area (Å²) in [5.74, 6) is -1.06. The Kier molecular flexibility index (Phi) is 6.24. The van der Waals surface area contributed by atoms with Gasteiger partial charge in [0.2, 0.25) is 5.91 Å². The summed E-state index contributed by atoms with van der Waals surface area (Å²) in [6.45, 7) is -0.475. The van der Waals surface area contributed by atoms with Gasteiger partial charge in [-0.05, 0) is 40.1 Å². The van der Waals surface area contributed by atoms with E-state index < -0.39 is 12.6 Å². The number of ether oxygens (including phenoxy) is 1. The molecule has 3 aromatic rings. The van der Waals surface area contributed by atoms with Crippen LogP contribution in [0, 0.1) is 0 Å². The summed E-state index contributed by atoms with van der Waals surface area (Å²) >= 11 is 6.05. The number of hydrazone groups is 1. The Balaban J connectivity index is 1.60. The zero-order chi connectivity index (χ0) is 19.9. The Bertz CT molecular complexity index is 1040. The van der Waals surface area contributed by atoms with Crippen LogP contribution in [0.5, 0.6) is 5.75 Å². The first kappa shape index (κ1) is 19.4. The minimum atomic E-state index is -1.09. The van der Waals surface area contributed by atoms with Gasteiger partial charge in [0.1, 0.15) is 5.75 Å². The molecule has 142 valence electrons. The van der Waals surface area contributed by atoms with Crippen LogP contribution in [-0.2, 0) is 16.0 Å². The average molecular weight is 397 g/mol. The first-order valence-corrected chi connectivity index (χ1v) is 8.83. The number of amides is 1. The smallest absolute Gasteiger partial charge is 0.341 e. The van der Waals surface area contributed by atoms with Crippen LogP contribution in [-0.4, -0.2) is 29.8 Å². The third-order valence-electron chi connectivity index (χ3n) is 3.94. The lowest BCUT2D eigenvalue weighted by Gasteiger charge is -2.06. The molecule has 7 heteroatoms. The topological polar surface area (TPSA) is 88.0 Å². The number of halogens is 1. The normalized spacial score (nSPS) is 10.9. The Morgan fingerprint density at radius 1 is 1.11 bits per heavy atom. The summed E-state index contributed by atoms with van der Waals surface area (Å²) in [5, 5.41) is 14.9. The minimum absolute atomic E-state index is 0.210. The summed E-state index contributed by atoms with van der Waals surface area (Å²) in [6, 6.07) is 18.5. The van der Waals surface area contributed by atoms with E-state index in [1.165, 1.54) is 6.21 Å². The molecule has 0 unspecified atom stereocenters. The second-order valence-corrected chi connectivity index (χ2v) is 6.39. The molecule has 0 bridgehead atoms. The summed E-state index contributed by atoms with van der Waals surface area (Å²) in [5.41, 5.74) is 4.06. The molecule has 2 N–H and O–H groups in total. The fourth-order valence-electron chi connectivity index (χ4n) is 2.69. The van der Waals surface area contributed by atoms with Crippen LogP contribution in [0.15, 0.2) is 65.8 Å². The number of fused-ring (bicyclic) bond motifs is 1. The van der Waals surface area contributed by atoms with Crippen LogP contribution < -0.4 is 10.2 Å². The highest BCUT2D eigenvalue weighted by Gasteiger charge is 2.07. The van der Waals surface area contributed by atoms with Gasteiger partial charge in [-0.25, -0.2) is 10.2 Å². The lowest BCUT2D eigenvalue weighted by molar-refractivity contribution is -0.139. The van der Waals surface area contributed by atoms with Crippen molar-refractivity contribution < 1.29 is 19.4 Å². The molecular formula is C21H17ClN2O4. The quantitative estimate of drug-likeness (QED) is 0.471. The highest BCUT2D eigenvalue weighted by Crippen LogP contribution is 2.24. The van der Waals surface area contributed by atoms with Gasteiger partial charge in [-0.3, -0.25) is 4.79 Å². The first-order chi connectivity index (χ1) is 13.5. The van der Waals surface area contributed by atoms with Crippen molar-refractivity contribution >= 4 is 40.5 Å². The summed E-state index contributed by atoms with van der Waals surface area (Å²) in [6.07, 6.45) is 1.66. The van der Waals surface area contributed by atoms with Crippen molar-refractivity contribution in [3.63, 3.8) is 0 Å². The second-order valence-electron chi connectivity index (χ2n) is 5.98. The molecule has 1 amide bonds. The fourth-order valence-corrected chi connectivity index (χ4v) is 2.94. The Morgan fingerprint density at radius 3 is 2.68 bits per heavy atom. The van der Waals surface area contributed by atoms with Crippen LogP contribution in [0.4, 0.5) is 0 Å². The van der Waals surface area contributed by atoms with Crippen LogP contribution in [0.1, 0.15) is 11.1 Å². The van der Waals surface area contributed by atoms with Gasteiger partial charge in [-0.15, -0.1) is 0 Å². The molecule has 0 aliphatic carbocycles. The average Bonchev–Trinajstić information content (AvgIpc) is 2.67. The molecular weight excluding hydrogens is 380 g/mol. The molecule has 0 fully saturated rings. The molecule has 0 atom stereocenters. The Labute approximate surface area is 166 Å². The van der Waals surface area contributed by atoms with E-state index in [4.69, 9.17) is 21.4 Å². The summed E-state index contributed by atoms with van der Waals surface area (Å²) in [4.78, 5) is 22.7. The molecule has 0 radical (unpaired) electrons. The summed E-state index contributed by atoms with van der Waals surface area (Å²) in [7, 11) is 0. The molecule has 3 aromatic carbocycles. The maximum Gasteiger partial charge on any atom is 0.341 e. The Morgan fingerprint density at radius 2 is 1.89 bits per heavy atom. The maximum absolute atomic E-state index is 12.2. The molecule has 0 heterocycles. The van der Waals surface area contributed by atoms with Gasteiger partial charge in [0.15, 0.2) is 6.61 Å². The van der Waals surface area contributed by atoms with Gasteiger partial charge >= 0.3 is 5.97 Å². The molecule has 0 saturated heterocycles. The van der Waals surface area contributed by atoms with E-state index in [0.717, 1.165) is 16.3 Å². The van der Waals surface area contributed by atoms with Gasteiger partial charge in [0.25, 0.3) is 0 Å². The highest BCUT2D eigenvalue weighted by atomic mass is 35.5. The van der Waals surface area contributed by atoms with Crippen molar-refractivity contribution in [1.82, 2.24) is 5.43 Å². The zero-order valence-electron chi connectivity index (χ0n) is 14.8. The number of nitrogens with zero attached hydrogens (tertiary/aromatic N) is 1. The van der Waals surface area contributed by atoms with Crippen LogP contribution in [0.25, 0.3) is 10.8 Å². The van der Waals surface area contributed by atoms with Gasteiger partial charge in [0.05, 0.1) is 17.7 Å². The second kappa shape index (κ2) is 9.01. The summed E-state index contributed by atoms with van der Waals surface area (Å²) < 4.78 is 5.05. The molecule has 0 aliphatic rings. The van der Waals surface area contributed by atoms with Crippen molar-refractivity contribution in [3.05, 3.63) is 76.8 Å². The van der Waals surface area contributed by atoms with E-state index in [1.807, 2.05) is 42.5 Å². The Hall–Kier alpha value is -3.38. The zero-order valence-corrected chi connectivity index (χ0v) is 15.5. The number of carboxylic acid groups (broad SMARTS) is 1. The van der Waals surface area contributed by atoms with E-state index in [-0.39, 0.29) is 23.1 Å². The van der Waals surface area contributed by atoms with Gasteiger partial charge in [-0.2, -0.15) is 5.10 Å². The SMILES string of the molecule is O=C(O)COc1ccc(/C=N\NC(=O)Cc2cccc3ccccc23)cc1Cl. The monoisotopic (exact) mass is 396 g/mol. The van der Waals surface area contributed by atoms with E-state index >= 15 is 0 Å². The molecule has 0 spiro atoms. The predicted molar refractivity (Wildman–Crippen MR) is 108 cm³/mol. The first-order valence-electron chi connectivity index (χ1n) is 8.45. The molecule has 28 heavy (non-hydrogen) atoms. The van der Waals surface area contributed by atoms with Crippen LogP contribution in [0.2, 0.25) is 5.02 Å². The van der Waals surface area contributed by atoms with E-state index in [9.17, 15) is 9.59 Å². The predicted octanol–water partition coefficient (Wildman–Crippen LogP) is 3.65. The largest absolute Gasteiger partial charge is 0.480 e. The van der Waals surface area contributed by atoms with E-state index in [2.05, 4.69) is 10.5 Å². The number of hydrogen-bond donors (Lipinski definition) is 2. The highest BCUT2D eigenvalue weighted by molar-refractivity contribution is 6.32. The van der Waals surface area contributed by atoms with Crippen molar-refractivity contribution in [1.29, 1.82) is 0 Å². The molecule has 0 aromatic heterocycles. The number of carboxylic acids is 1. The van der Waals surface area contributed by atoms with E-state index in [0.29, 0.717) is 5.56 Å². The molecule has 6 nitrogen and oxygen atoms in total. The van der Waals surface area contributed by atoms with Crippen molar-refractivity contribution in [3.8, 4) is 5.75 Å². The molecule has 0 saturated carbocycles. The van der Waals surface area contributed by atoms with Crippen molar-refractivity contribution in [2.24, 2.45) is 5.10 Å². The third-order valence-corrected chi connectivity index (χ3v) is 4.24. The standard InChI is InChI=1S/C21H17ClN2O4/c22-18-10-14(8-9-19(18)28-13-21(26)27)12-23-24-20(25)11-16-6-3-5-15-4-1-2-7-17(15)16/h1-10,12H,11,13H2,(H,24,25)(H,26,27)/b23-12-. The maximum atomic E-state index is 12.2. The number of rotatable bonds is 7. The number of benzene rings is 3. The van der Waals surface area contributed by atoms with Crippen LogP contribution >= 0.6 is 11.6 Å². The minimum Gasteiger partial charge on any atom is -0.480 e. The number of hydrogen-bond acceptors (Lipinski definition) is 4. The number of aliphatic carboxylic acids is 1. The lowest BCUT2D eigenvalue weighted by atomic mass is 10.0. The van der Waals surface area contributed by atoms with Crippen molar-refractivity contribution in [2.75, 3.05) is 6.61 Å². The number of nitrogens with one attached hydrogen (secondary N) is 1. The van der Waals surface area contributed by atoms with Crippen LogP contribution in [0.3, 0.4) is 0 Å².